The normalized spacial score (nSPS) is 14.3. The zero-order valence-electron chi connectivity index (χ0n) is 14.1. The van der Waals surface area contributed by atoms with Gasteiger partial charge in [0.2, 0.25) is 0 Å². The summed E-state index contributed by atoms with van der Waals surface area (Å²) in [4.78, 5) is 15.9. The van der Waals surface area contributed by atoms with Crippen molar-refractivity contribution in [3.63, 3.8) is 0 Å². The van der Waals surface area contributed by atoms with Crippen LogP contribution >= 0.6 is 11.6 Å². The number of halogens is 1. The lowest BCUT2D eigenvalue weighted by atomic mass is 10.1. The minimum Gasteiger partial charge on any atom is -0.294 e. The molecule has 4 nitrogen and oxygen atoms in total. The van der Waals surface area contributed by atoms with Crippen molar-refractivity contribution >= 4 is 11.6 Å². The van der Waals surface area contributed by atoms with Gasteiger partial charge in [0.25, 0.3) is 0 Å². The molecule has 5 heteroatoms. The van der Waals surface area contributed by atoms with Crippen LogP contribution in [-0.4, -0.2) is 26.4 Å². The molecule has 0 unspecified atom stereocenters. The average Bonchev–Trinajstić information content (AvgIpc) is 2.63. The molecule has 1 aromatic carbocycles. The standard InChI is InChI=1S/C20H19ClN4/c1-14-22-11-16-13-25(9-8-19(16)24-14)12-15-6-7-20(23-10-15)17-4-2-3-5-18(17)21/h2-7,10-11H,8-9,12-13H2,1H3. The van der Waals surface area contributed by atoms with E-state index in [9.17, 15) is 0 Å². The Morgan fingerprint density at radius 1 is 1.08 bits per heavy atom. The van der Waals surface area contributed by atoms with Crippen LogP contribution in [0.4, 0.5) is 0 Å². The second-order valence-electron chi connectivity index (χ2n) is 6.38. The van der Waals surface area contributed by atoms with Gasteiger partial charge in [-0.2, -0.15) is 0 Å². The fraction of sp³-hybridized carbons (Fsp3) is 0.250. The number of benzene rings is 1. The Kier molecular flexibility index (Phi) is 4.47. The molecule has 0 atom stereocenters. The SMILES string of the molecule is Cc1ncc2c(n1)CCN(Cc1ccc(-c3ccccc3Cl)nc1)C2. The molecule has 0 amide bonds. The molecule has 126 valence electrons. The molecule has 25 heavy (non-hydrogen) atoms. The number of nitrogens with zero attached hydrogens (tertiary/aromatic N) is 4. The minimum atomic E-state index is 0.727. The van der Waals surface area contributed by atoms with Crippen molar-refractivity contribution in [2.75, 3.05) is 6.54 Å². The van der Waals surface area contributed by atoms with Crippen molar-refractivity contribution in [3.05, 3.63) is 76.5 Å². The van der Waals surface area contributed by atoms with Crippen LogP contribution in [0.3, 0.4) is 0 Å². The minimum absolute atomic E-state index is 0.727. The lowest BCUT2D eigenvalue weighted by molar-refractivity contribution is 0.242. The van der Waals surface area contributed by atoms with Crippen LogP contribution in [0, 0.1) is 6.92 Å². The number of rotatable bonds is 3. The van der Waals surface area contributed by atoms with Crippen LogP contribution in [0.25, 0.3) is 11.3 Å². The van der Waals surface area contributed by atoms with E-state index in [-0.39, 0.29) is 0 Å². The highest BCUT2D eigenvalue weighted by Crippen LogP contribution is 2.26. The Bertz CT molecular complexity index is 892. The van der Waals surface area contributed by atoms with Gasteiger partial charge in [-0.3, -0.25) is 9.88 Å². The molecular formula is C20H19ClN4. The Balaban J connectivity index is 1.47. The number of aryl methyl sites for hydroxylation is 1. The highest BCUT2D eigenvalue weighted by molar-refractivity contribution is 6.33. The first-order valence-electron chi connectivity index (χ1n) is 8.42. The summed E-state index contributed by atoms with van der Waals surface area (Å²) in [7, 11) is 0. The fourth-order valence-corrected chi connectivity index (χ4v) is 3.45. The molecule has 0 saturated heterocycles. The molecule has 1 aliphatic heterocycles. The molecule has 0 bridgehead atoms. The Morgan fingerprint density at radius 3 is 2.76 bits per heavy atom. The lowest BCUT2D eigenvalue weighted by Crippen LogP contribution is -2.31. The van der Waals surface area contributed by atoms with Crippen molar-refractivity contribution in [1.29, 1.82) is 0 Å². The van der Waals surface area contributed by atoms with Crippen molar-refractivity contribution in [1.82, 2.24) is 19.9 Å². The van der Waals surface area contributed by atoms with Gasteiger partial charge in [-0.05, 0) is 24.6 Å². The molecule has 4 rings (SSSR count). The van der Waals surface area contributed by atoms with Gasteiger partial charge in [0.15, 0.2) is 0 Å². The summed E-state index contributed by atoms with van der Waals surface area (Å²) in [6.07, 6.45) is 4.88. The van der Waals surface area contributed by atoms with Crippen LogP contribution in [0.15, 0.2) is 48.8 Å². The van der Waals surface area contributed by atoms with Gasteiger partial charge in [0.1, 0.15) is 5.82 Å². The van der Waals surface area contributed by atoms with Crippen LogP contribution < -0.4 is 0 Å². The van der Waals surface area contributed by atoms with Gasteiger partial charge < -0.3 is 0 Å². The van der Waals surface area contributed by atoms with E-state index in [1.165, 1.54) is 16.8 Å². The van der Waals surface area contributed by atoms with Gasteiger partial charge in [0.05, 0.1) is 5.69 Å². The summed E-state index contributed by atoms with van der Waals surface area (Å²) in [6.45, 7) is 4.72. The van der Waals surface area contributed by atoms with Crippen LogP contribution in [0.2, 0.25) is 5.02 Å². The van der Waals surface area contributed by atoms with Gasteiger partial charge in [-0.15, -0.1) is 0 Å². The average molecular weight is 351 g/mol. The monoisotopic (exact) mass is 350 g/mol. The van der Waals surface area contributed by atoms with Crippen LogP contribution in [-0.2, 0) is 19.5 Å². The molecule has 3 heterocycles. The Labute approximate surface area is 152 Å². The van der Waals surface area contributed by atoms with Crippen LogP contribution in [0.5, 0.6) is 0 Å². The van der Waals surface area contributed by atoms with E-state index < -0.39 is 0 Å². The van der Waals surface area contributed by atoms with Gasteiger partial charge in [-0.1, -0.05) is 35.9 Å². The van der Waals surface area contributed by atoms with E-state index in [1.807, 2.05) is 49.6 Å². The van der Waals surface area contributed by atoms with Gasteiger partial charge in [-0.25, -0.2) is 9.97 Å². The molecule has 0 fully saturated rings. The maximum absolute atomic E-state index is 6.25. The third-order valence-corrected chi connectivity index (χ3v) is 4.84. The molecule has 0 spiro atoms. The first-order chi connectivity index (χ1) is 12.2. The number of hydrogen-bond donors (Lipinski definition) is 0. The molecular weight excluding hydrogens is 332 g/mol. The highest BCUT2D eigenvalue weighted by Gasteiger charge is 2.18. The second-order valence-corrected chi connectivity index (χ2v) is 6.79. The van der Waals surface area contributed by atoms with Crippen molar-refractivity contribution in [3.8, 4) is 11.3 Å². The maximum Gasteiger partial charge on any atom is 0.125 e. The molecule has 0 aliphatic carbocycles. The van der Waals surface area contributed by atoms with Gasteiger partial charge >= 0.3 is 0 Å². The molecule has 2 aromatic heterocycles. The predicted octanol–water partition coefficient (Wildman–Crippen LogP) is 4.06. The second kappa shape index (κ2) is 6.90. The smallest absolute Gasteiger partial charge is 0.125 e. The van der Waals surface area contributed by atoms with E-state index in [0.717, 1.165) is 48.2 Å². The van der Waals surface area contributed by atoms with E-state index in [2.05, 4.69) is 25.9 Å². The fourth-order valence-electron chi connectivity index (χ4n) is 3.21. The van der Waals surface area contributed by atoms with E-state index >= 15 is 0 Å². The molecule has 0 radical (unpaired) electrons. The summed E-state index contributed by atoms with van der Waals surface area (Å²) < 4.78 is 0. The highest BCUT2D eigenvalue weighted by atomic mass is 35.5. The third-order valence-electron chi connectivity index (χ3n) is 4.51. The first-order valence-corrected chi connectivity index (χ1v) is 8.80. The molecule has 0 saturated carbocycles. The quantitative estimate of drug-likeness (QED) is 0.714. The lowest BCUT2D eigenvalue weighted by Gasteiger charge is -2.27. The van der Waals surface area contributed by atoms with E-state index in [4.69, 9.17) is 11.6 Å². The number of hydrogen-bond acceptors (Lipinski definition) is 4. The summed E-state index contributed by atoms with van der Waals surface area (Å²) in [5, 5.41) is 0.727. The van der Waals surface area contributed by atoms with E-state index in [0.29, 0.717) is 0 Å². The Morgan fingerprint density at radius 2 is 1.96 bits per heavy atom. The summed E-state index contributed by atoms with van der Waals surface area (Å²) >= 11 is 6.25. The van der Waals surface area contributed by atoms with Crippen LogP contribution in [0.1, 0.15) is 22.6 Å². The Hall–Kier alpha value is -2.30. The van der Waals surface area contributed by atoms with Crippen molar-refractivity contribution in [2.45, 2.75) is 26.4 Å². The van der Waals surface area contributed by atoms with Crippen molar-refractivity contribution < 1.29 is 0 Å². The zero-order valence-corrected chi connectivity index (χ0v) is 14.9. The number of fused-ring (bicyclic) bond motifs is 1. The van der Waals surface area contributed by atoms with Crippen molar-refractivity contribution in [2.24, 2.45) is 0 Å². The topological polar surface area (TPSA) is 41.9 Å². The largest absolute Gasteiger partial charge is 0.294 e. The number of aromatic nitrogens is 3. The predicted molar refractivity (Wildman–Crippen MR) is 99.3 cm³/mol. The maximum atomic E-state index is 6.25. The van der Waals surface area contributed by atoms with Gasteiger partial charge in [0, 0.05) is 60.3 Å². The zero-order chi connectivity index (χ0) is 17.2. The summed E-state index contributed by atoms with van der Waals surface area (Å²) in [6, 6.07) is 12.0. The molecule has 3 aromatic rings. The molecule has 0 N–H and O–H groups in total. The third kappa shape index (κ3) is 3.55. The summed E-state index contributed by atoms with van der Waals surface area (Å²) in [5.41, 5.74) is 5.50. The van der Waals surface area contributed by atoms with E-state index in [1.54, 1.807) is 0 Å². The molecule has 1 aliphatic rings. The first kappa shape index (κ1) is 16.2. The number of pyridine rings is 1. The summed E-state index contributed by atoms with van der Waals surface area (Å²) in [5.74, 6) is 0.853.